The van der Waals surface area contributed by atoms with Gasteiger partial charge in [0.15, 0.2) is 5.96 Å². The van der Waals surface area contributed by atoms with Crippen LogP contribution >= 0.6 is 35.6 Å². The van der Waals surface area contributed by atoms with E-state index in [1.165, 1.54) is 12.1 Å². The molecular formula is C18H26ClF2IN6O. The number of hydrogen-bond donors (Lipinski definition) is 2. The van der Waals surface area contributed by atoms with Crippen LogP contribution in [0.5, 0.6) is 5.75 Å². The van der Waals surface area contributed by atoms with E-state index in [1.807, 2.05) is 33.5 Å². The van der Waals surface area contributed by atoms with Crippen molar-refractivity contribution in [2.24, 2.45) is 12.0 Å². The highest BCUT2D eigenvalue weighted by atomic mass is 127. The number of hydrogen-bond acceptors (Lipinski definition) is 4. The molecule has 0 aliphatic carbocycles. The second-order valence-electron chi connectivity index (χ2n) is 6.36. The zero-order chi connectivity index (χ0) is 20.7. The van der Waals surface area contributed by atoms with Crippen molar-refractivity contribution in [3.63, 3.8) is 0 Å². The molecule has 11 heteroatoms. The lowest BCUT2D eigenvalue weighted by Gasteiger charge is -2.24. The van der Waals surface area contributed by atoms with Gasteiger partial charge in [0.2, 0.25) is 0 Å². The summed E-state index contributed by atoms with van der Waals surface area (Å²) < 4.78 is 31.5. The Hall–Kier alpha value is -1.66. The van der Waals surface area contributed by atoms with Gasteiger partial charge in [-0.25, -0.2) is 0 Å². The fourth-order valence-corrected chi connectivity index (χ4v) is 2.90. The van der Waals surface area contributed by atoms with Gasteiger partial charge in [-0.2, -0.15) is 13.9 Å². The number of aryl methyl sites for hydroxylation is 1. The number of likely N-dealkylation sites (N-methyl/N-ethyl adjacent to an activating group) is 1. The lowest BCUT2D eigenvalue weighted by molar-refractivity contribution is -0.0504. The summed E-state index contributed by atoms with van der Waals surface area (Å²) in [5, 5.41) is 11.0. The van der Waals surface area contributed by atoms with Crippen LogP contribution in [-0.4, -0.2) is 54.9 Å². The third-order valence-corrected chi connectivity index (χ3v) is 4.34. The number of halogens is 4. The van der Waals surface area contributed by atoms with Crippen molar-refractivity contribution in [2.75, 3.05) is 27.7 Å². The quantitative estimate of drug-likeness (QED) is 0.305. The smallest absolute Gasteiger partial charge is 0.387 e. The van der Waals surface area contributed by atoms with E-state index in [1.54, 1.807) is 17.8 Å². The highest BCUT2D eigenvalue weighted by Gasteiger charge is 2.17. The molecule has 2 N–H and O–H groups in total. The van der Waals surface area contributed by atoms with E-state index in [2.05, 4.69) is 30.4 Å². The number of alkyl halides is 2. The second kappa shape index (κ2) is 12.1. The highest BCUT2D eigenvalue weighted by molar-refractivity contribution is 14.0. The number of nitrogens with zero attached hydrogens (tertiary/aromatic N) is 4. The summed E-state index contributed by atoms with van der Waals surface area (Å²) >= 11 is 5.98. The normalized spacial score (nSPS) is 12.7. The van der Waals surface area contributed by atoms with Crippen LogP contribution in [0.25, 0.3) is 0 Å². The first-order chi connectivity index (χ1) is 13.3. The fourth-order valence-electron chi connectivity index (χ4n) is 2.70. The third kappa shape index (κ3) is 7.94. The van der Waals surface area contributed by atoms with Crippen LogP contribution in [-0.2, 0) is 13.6 Å². The predicted octanol–water partition coefficient (Wildman–Crippen LogP) is 3.26. The topological polar surface area (TPSA) is 66.7 Å². The van der Waals surface area contributed by atoms with Gasteiger partial charge in [-0.05, 0) is 32.3 Å². The molecule has 2 rings (SSSR count). The molecule has 0 aliphatic heterocycles. The summed E-state index contributed by atoms with van der Waals surface area (Å²) in [4.78, 5) is 6.25. The molecule has 0 fully saturated rings. The predicted molar refractivity (Wildman–Crippen MR) is 121 cm³/mol. The second-order valence-corrected chi connectivity index (χ2v) is 6.80. The Labute approximate surface area is 191 Å². The van der Waals surface area contributed by atoms with Crippen molar-refractivity contribution in [3.05, 3.63) is 46.7 Å². The maximum atomic E-state index is 12.6. The molecule has 0 bridgehead atoms. The molecule has 0 radical (unpaired) electrons. The first-order valence-corrected chi connectivity index (χ1v) is 9.00. The molecule has 1 aromatic carbocycles. The van der Waals surface area contributed by atoms with Gasteiger partial charge in [0, 0.05) is 49.5 Å². The average Bonchev–Trinajstić information content (AvgIpc) is 3.05. The van der Waals surface area contributed by atoms with Crippen molar-refractivity contribution in [2.45, 2.75) is 19.2 Å². The summed E-state index contributed by atoms with van der Waals surface area (Å²) in [6, 6.07) is 4.59. The summed E-state index contributed by atoms with van der Waals surface area (Å²) in [6.45, 7) is -2.10. The van der Waals surface area contributed by atoms with Gasteiger partial charge < -0.3 is 20.3 Å². The van der Waals surface area contributed by atoms with E-state index < -0.39 is 6.61 Å². The highest BCUT2D eigenvalue weighted by Crippen LogP contribution is 2.24. The van der Waals surface area contributed by atoms with Crippen molar-refractivity contribution in [1.29, 1.82) is 0 Å². The maximum absolute atomic E-state index is 12.6. The average molecular weight is 543 g/mol. The van der Waals surface area contributed by atoms with Gasteiger partial charge >= 0.3 is 6.61 Å². The standard InChI is InChI=1S/C18H25ClF2N6O.HI/c1-22-18(24-10-15(26(2)3)13-9-25-27(4)11-13)23-8-12-7-14(19)5-6-16(12)28-17(20)21;/h5-7,9,11,15,17H,8,10H2,1-4H3,(H2,22,23,24);1H. The Bertz CT molecular complexity index is 802. The number of rotatable bonds is 8. The molecule has 1 aromatic heterocycles. The molecule has 1 atom stereocenters. The van der Waals surface area contributed by atoms with Crippen molar-refractivity contribution < 1.29 is 13.5 Å². The lowest BCUT2D eigenvalue weighted by Crippen LogP contribution is -2.41. The van der Waals surface area contributed by atoms with E-state index in [4.69, 9.17) is 11.6 Å². The van der Waals surface area contributed by atoms with Crippen molar-refractivity contribution >= 4 is 41.5 Å². The zero-order valence-electron chi connectivity index (χ0n) is 16.7. The summed E-state index contributed by atoms with van der Waals surface area (Å²) in [6.07, 6.45) is 3.78. The van der Waals surface area contributed by atoms with Crippen molar-refractivity contribution in [1.82, 2.24) is 25.3 Å². The van der Waals surface area contributed by atoms with E-state index in [0.717, 1.165) is 5.56 Å². The Morgan fingerprint density at radius 3 is 2.62 bits per heavy atom. The number of nitrogens with one attached hydrogen (secondary N) is 2. The van der Waals surface area contributed by atoms with E-state index in [9.17, 15) is 8.78 Å². The van der Waals surface area contributed by atoms with Crippen LogP contribution in [0.2, 0.25) is 5.02 Å². The van der Waals surface area contributed by atoms with Gasteiger partial charge in [-0.3, -0.25) is 9.67 Å². The van der Waals surface area contributed by atoms with E-state index in [-0.39, 0.29) is 42.3 Å². The zero-order valence-corrected chi connectivity index (χ0v) is 19.8. The van der Waals surface area contributed by atoms with Crippen LogP contribution in [0.15, 0.2) is 35.6 Å². The molecule has 162 valence electrons. The van der Waals surface area contributed by atoms with Crippen molar-refractivity contribution in [3.8, 4) is 5.75 Å². The molecule has 1 heterocycles. The number of guanidine groups is 1. The number of aliphatic imine (C=N–C) groups is 1. The number of aromatic nitrogens is 2. The first kappa shape index (κ1) is 25.4. The Morgan fingerprint density at radius 2 is 2.07 bits per heavy atom. The molecule has 29 heavy (non-hydrogen) atoms. The van der Waals surface area contributed by atoms with Crippen LogP contribution in [0, 0.1) is 0 Å². The van der Waals surface area contributed by atoms with Gasteiger partial charge in [0.25, 0.3) is 0 Å². The minimum atomic E-state index is -2.90. The van der Waals surface area contributed by atoms with Crippen LogP contribution in [0.4, 0.5) is 8.78 Å². The summed E-state index contributed by atoms with van der Waals surface area (Å²) in [7, 11) is 7.47. The molecular weight excluding hydrogens is 517 g/mol. The SMILES string of the molecule is CN=C(NCc1cc(Cl)ccc1OC(F)F)NCC(c1cnn(C)c1)N(C)C.I. The molecule has 0 saturated carbocycles. The van der Waals surface area contributed by atoms with Crippen LogP contribution in [0.1, 0.15) is 17.2 Å². The minimum absolute atomic E-state index is 0. The lowest BCUT2D eigenvalue weighted by atomic mass is 10.1. The summed E-state index contributed by atoms with van der Waals surface area (Å²) in [5.41, 5.74) is 1.57. The number of benzene rings is 1. The van der Waals surface area contributed by atoms with Gasteiger partial charge in [-0.1, -0.05) is 11.6 Å². The Balaban J connectivity index is 0.00000420. The minimum Gasteiger partial charge on any atom is -0.434 e. The van der Waals surface area contributed by atoms with Gasteiger partial charge in [-0.15, -0.1) is 24.0 Å². The van der Waals surface area contributed by atoms with E-state index in [0.29, 0.717) is 23.1 Å². The fraction of sp³-hybridized carbons (Fsp3) is 0.444. The van der Waals surface area contributed by atoms with Gasteiger partial charge in [0.1, 0.15) is 5.75 Å². The van der Waals surface area contributed by atoms with Gasteiger partial charge in [0.05, 0.1) is 12.2 Å². The molecule has 0 amide bonds. The third-order valence-electron chi connectivity index (χ3n) is 4.10. The van der Waals surface area contributed by atoms with Crippen LogP contribution < -0.4 is 15.4 Å². The van der Waals surface area contributed by atoms with E-state index >= 15 is 0 Å². The maximum Gasteiger partial charge on any atom is 0.387 e. The molecule has 7 nitrogen and oxygen atoms in total. The Morgan fingerprint density at radius 1 is 1.34 bits per heavy atom. The number of ether oxygens (including phenoxy) is 1. The van der Waals surface area contributed by atoms with Crippen LogP contribution in [0.3, 0.4) is 0 Å². The molecule has 0 saturated heterocycles. The largest absolute Gasteiger partial charge is 0.434 e. The monoisotopic (exact) mass is 542 g/mol. The first-order valence-electron chi connectivity index (χ1n) is 8.63. The summed E-state index contributed by atoms with van der Waals surface area (Å²) in [5.74, 6) is 0.600. The molecule has 0 aliphatic rings. The molecule has 1 unspecified atom stereocenters. The molecule has 0 spiro atoms. The molecule has 2 aromatic rings. The Kier molecular flexibility index (Phi) is 10.6.